The van der Waals surface area contributed by atoms with Gasteiger partial charge in [0.25, 0.3) is 5.91 Å². The summed E-state index contributed by atoms with van der Waals surface area (Å²) in [6.07, 6.45) is -0.905. The number of carbonyl (C=O) groups excluding carboxylic acids is 4. The molecule has 0 radical (unpaired) electrons. The summed E-state index contributed by atoms with van der Waals surface area (Å²) in [5.74, 6) is -4.92. The van der Waals surface area contributed by atoms with Gasteiger partial charge in [-0.05, 0) is 25.8 Å². The Hall–Kier alpha value is -4.41. The minimum Gasteiger partial charge on any atom is -0.503 e. The number of amides is 1. The predicted molar refractivity (Wildman–Crippen MR) is 129 cm³/mol. The van der Waals surface area contributed by atoms with Crippen LogP contribution in [-0.4, -0.2) is 65.9 Å². The van der Waals surface area contributed by atoms with Crippen LogP contribution in [0.3, 0.4) is 0 Å². The number of aromatic nitrogens is 1. The molecule has 11 nitrogen and oxygen atoms in total. The molecule has 11 heteroatoms. The summed E-state index contributed by atoms with van der Waals surface area (Å²) in [5, 5.41) is 12.6. The first-order valence-electron chi connectivity index (χ1n) is 11.4. The highest BCUT2D eigenvalue weighted by Gasteiger charge is 2.42. The van der Waals surface area contributed by atoms with Crippen LogP contribution < -0.4 is 10.1 Å². The SMILES string of the molecule is C=C(C)C(=O)OC1C(C)OC(=O)[C@@H](NC(=O)c2nccc(OC)c2O)COC(=O)[C@@H]1Cc1ccccc1. The summed E-state index contributed by atoms with van der Waals surface area (Å²) in [6.45, 7) is 5.92. The zero-order valence-corrected chi connectivity index (χ0v) is 20.6. The van der Waals surface area contributed by atoms with Gasteiger partial charge in [-0.15, -0.1) is 0 Å². The van der Waals surface area contributed by atoms with Crippen molar-refractivity contribution in [3.8, 4) is 11.5 Å². The summed E-state index contributed by atoms with van der Waals surface area (Å²) in [6, 6.07) is 8.91. The number of methoxy groups -OCH3 is 1. The Balaban J connectivity index is 1.88. The van der Waals surface area contributed by atoms with Crippen LogP contribution >= 0.6 is 0 Å². The minimum absolute atomic E-state index is 0.00293. The third-order valence-corrected chi connectivity index (χ3v) is 5.66. The van der Waals surface area contributed by atoms with E-state index in [-0.39, 0.29) is 17.7 Å². The second-order valence-electron chi connectivity index (χ2n) is 8.45. The van der Waals surface area contributed by atoms with Crippen LogP contribution in [0.15, 0.2) is 54.7 Å². The number of carbonyl (C=O) groups is 4. The molecule has 0 saturated carbocycles. The molecule has 2 aromatic rings. The molecule has 0 spiro atoms. The van der Waals surface area contributed by atoms with E-state index in [1.165, 1.54) is 33.2 Å². The first kappa shape index (κ1) is 27.2. The summed E-state index contributed by atoms with van der Waals surface area (Å²) >= 11 is 0. The third kappa shape index (κ3) is 6.63. The van der Waals surface area contributed by atoms with Crippen molar-refractivity contribution in [2.24, 2.45) is 5.92 Å². The summed E-state index contributed by atoms with van der Waals surface area (Å²) in [5.41, 5.74) is 0.464. The fourth-order valence-electron chi connectivity index (χ4n) is 3.70. The van der Waals surface area contributed by atoms with Crippen LogP contribution in [0.4, 0.5) is 0 Å². The monoisotopic (exact) mass is 512 g/mol. The third-order valence-electron chi connectivity index (χ3n) is 5.66. The van der Waals surface area contributed by atoms with Gasteiger partial charge in [0.1, 0.15) is 18.6 Å². The Bertz CT molecular complexity index is 1180. The van der Waals surface area contributed by atoms with Crippen LogP contribution in [0.1, 0.15) is 29.9 Å². The molecule has 0 aliphatic carbocycles. The Morgan fingerprint density at radius 2 is 1.89 bits per heavy atom. The molecule has 2 N–H and O–H groups in total. The standard InChI is InChI=1S/C26H28N2O9/c1-14(2)24(31)37-22-15(3)36-26(33)18(28-23(30)20-21(29)19(34-4)10-11-27-20)13-35-25(32)17(22)12-16-8-6-5-7-9-16/h5-11,15,17-18,22,29H,1,12-13H2,2-4H3,(H,28,30)/t15?,17-,18+,22?/m1/s1. The number of rotatable bonds is 7. The van der Waals surface area contributed by atoms with Crippen LogP contribution in [0.2, 0.25) is 0 Å². The van der Waals surface area contributed by atoms with Gasteiger partial charge in [0, 0.05) is 17.8 Å². The van der Waals surface area contributed by atoms with Crippen molar-refractivity contribution >= 4 is 23.8 Å². The minimum atomic E-state index is -1.43. The maximum atomic E-state index is 13.2. The molecule has 2 heterocycles. The summed E-state index contributed by atoms with van der Waals surface area (Å²) < 4.78 is 21.4. The van der Waals surface area contributed by atoms with Gasteiger partial charge in [-0.3, -0.25) is 9.59 Å². The number of aromatic hydroxyl groups is 1. The molecule has 1 saturated heterocycles. The van der Waals surface area contributed by atoms with E-state index in [1.54, 1.807) is 24.3 Å². The normalized spacial score (nSPS) is 21.8. The quantitative estimate of drug-likeness (QED) is 0.319. The maximum Gasteiger partial charge on any atom is 0.333 e. The van der Waals surface area contributed by atoms with Gasteiger partial charge < -0.3 is 29.4 Å². The van der Waals surface area contributed by atoms with Crippen molar-refractivity contribution in [1.29, 1.82) is 0 Å². The van der Waals surface area contributed by atoms with E-state index < -0.39 is 66.0 Å². The van der Waals surface area contributed by atoms with Crippen molar-refractivity contribution < 1.29 is 43.2 Å². The van der Waals surface area contributed by atoms with Gasteiger partial charge in [0.05, 0.1) is 7.11 Å². The van der Waals surface area contributed by atoms with E-state index >= 15 is 0 Å². The summed E-state index contributed by atoms with van der Waals surface area (Å²) in [4.78, 5) is 55.1. The van der Waals surface area contributed by atoms with Gasteiger partial charge >= 0.3 is 17.9 Å². The molecule has 1 aromatic carbocycles. The Kier molecular flexibility index (Phi) is 8.83. The number of pyridine rings is 1. The van der Waals surface area contributed by atoms with Gasteiger partial charge in [-0.25, -0.2) is 14.6 Å². The Morgan fingerprint density at radius 3 is 2.54 bits per heavy atom. The molecule has 2 unspecified atom stereocenters. The van der Waals surface area contributed by atoms with E-state index in [1.807, 2.05) is 6.07 Å². The van der Waals surface area contributed by atoms with Gasteiger partial charge in [0.15, 0.2) is 29.3 Å². The molecule has 1 aliphatic rings. The maximum absolute atomic E-state index is 13.2. The van der Waals surface area contributed by atoms with Crippen molar-refractivity contribution in [3.05, 3.63) is 66.0 Å². The predicted octanol–water partition coefficient (Wildman–Crippen LogP) is 1.73. The lowest BCUT2D eigenvalue weighted by Crippen LogP contribution is -2.46. The second-order valence-corrected chi connectivity index (χ2v) is 8.45. The molecule has 1 fully saturated rings. The van der Waals surface area contributed by atoms with E-state index in [9.17, 15) is 24.3 Å². The lowest BCUT2D eigenvalue weighted by Gasteiger charge is -2.29. The van der Waals surface area contributed by atoms with E-state index in [0.717, 1.165) is 5.56 Å². The van der Waals surface area contributed by atoms with Crippen molar-refractivity contribution in [1.82, 2.24) is 10.3 Å². The topological polar surface area (TPSA) is 150 Å². The molecule has 3 rings (SSSR count). The highest BCUT2D eigenvalue weighted by molar-refractivity contribution is 5.98. The number of hydrogen-bond donors (Lipinski definition) is 2. The Labute approximate surface area is 213 Å². The molecule has 1 aliphatic heterocycles. The number of ether oxygens (including phenoxy) is 4. The zero-order chi connectivity index (χ0) is 27.1. The number of nitrogens with one attached hydrogen (secondary N) is 1. The van der Waals surface area contributed by atoms with Crippen LogP contribution in [0.5, 0.6) is 11.5 Å². The molecular formula is C26H28N2O9. The summed E-state index contributed by atoms with van der Waals surface area (Å²) in [7, 11) is 1.30. The van der Waals surface area contributed by atoms with Gasteiger partial charge in [0.2, 0.25) is 0 Å². The van der Waals surface area contributed by atoms with Crippen LogP contribution in [0, 0.1) is 5.92 Å². The molecule has 196 valence electrons. The Morgan fingerprint density at radius 1 is 1.19 bits per heavy atom. The van der Waals surface area contributed by atoms with Crippen molar-refractivity contribution in [2.45, 2.75) is 38.5 Å². The largest absolute Gasteiger partial charge is 0.503 e. The smallest absolute Gasteiger partial charge is 0.333 e. The van der Waals surface area contributed by atoms with Gasteiger partial charge in [-0.2, -0.15) is 0 Å². The number of cyclic esters (lactones) is 2. The number of hydrogen-bond acceptors (Lipinski definition) is 10. The fraction of sp³-hybridized carbons (Fsp3) is 0.346. The number of esters is 3. The van der Waals surface area contributed by atoms with Crippen LogP contribution in [-0.2, 0) is 35.0 Å². The molecular weight excluding hydrogens is 484 g/mol. The highest BCUT2D eigenvalue weighted by Crippen LogP contribution is 2.28. The molecule has 4 atom stereocenters. The molecule has 37 heavy (non-hydrogen) atoms. The lowest BCUT2D eigenvalue weighted by atomic mass is 9.91. The average molecular weight is 513 g/mol. The molecule has 0 bridgehead atoms. The number of nitrogens with zero attached hydrogens (tertiary/aromatic N) is 1. The lowest BCUT2D eigenvalue weighted by molar-refractivity contribution is -0.172. The number of benzene rings is 1. The van der Waals surface area contributed by atoms with E-state index in [4.69, 9.17) is 18.9 Å². The second kappa shape index (κ2) is 12.0. The zero-order valence-electron chi connectivity index (χ0n) is 20.6. The molecule has 1 aromatic heterocycles. The highest BCUT2D eigenvalue weighted by atomic mass is 16.6. The van der Waals surface area contributed by atoms with Gasteiger partial charge in [-0.1, -0.05) is 36.9 Å². The average Bonchev–Trinajstić information content (AvgIpc) is 2.91. The fourth-order valence-corrected chi connectivity index (χ4v) is 3.70. The van der Waals surface area contributed by atoms with E-state index in [2.05, 4.69) is 16.9 Å². The first-order valence-corrected chi connectivity index (χ1v) is 11.4. The first-order chi connectivity index (χ1) is 17.6. The van der Waals surface area contributed by atoms with E-state index in [0.29, 0.717) is 0 Å². The van der Waals surface area contributed by atoms with Crippen LogP contribution in [0.25, 0.3) is 0 Å². The van der Waals surface area contributed by atoms with Crippen molar-refractivity contribution in [3.63, 3.8) is 0 Å². The van der Waals surface area contributed by atoms with Crippen molar-refractivity contribution in [2.75, 3.05) is 13.7 Å². The molecule has 1 amide bonds.